The van der Waals surface area contributed by atoms with Crippen LogP contribution in [-0.4, -0.2) is 165 Å². The van der Waals surface area contributed by atoms with Crippen molar-refractivity contribution in [1.82, 2.24) is 0 Å². The van der Waals surface area contributed by atoms with Crippen LogP contribution in [0.25, 0.3) is 0 Å². The van der Waals surface area contributed by atoms with E-state index >= 15 is 0 Å². The van der Waals surface area contributed by atoms with Crippen LogP contribution in [0.5, 0.6) is 0 Å². The number of anilines is 1. The predicted molar refractivity (Wildman–Crippen MR) is 187 cm³/mol. The highest BCUT2D eigenvalue weighted by Gasteiger charge is 2.62. The van der Waals surface area contributed by atoms with Crippen molar-refractivity contribution in [1.29, 1.82) is 0 Å². The zero-order valence-corrected chi connectivity index (χ0v) is 35.7. The first kappa shape index (κ1) is 53.3. The van der Waals surface area contributed by atoms with Crippen molar-refractivity contribution >= 4 is 97.0 Å². The number of amides is 1. The number of thiol groups is 1. The summed E-state index contributed by atoms with van der Waals surface area (Å²) in [7, 11) is -41.7. The van der Waals surface area contributed by atoms with E-state index in [9.17, 15) is 91.0 Å². The van der Waals surface area contributed by atoms with Crippen LogP contribution in [-0.2, 0) is 126 Å². The summed E-state index contributed by atoms with van der Waals surface area (Å²) >= 11 is 4.18. The molecular weight excluding hydrogens is 1020 g/mol. The van der Waals surface area contributed by atoms with Gasteiger partial charge in [0.1, 0.15) is 36.6 Å². The summed E-state index contributed by atoms with van der Waals surface area (Å²) in [5, 5.41) is 2.30. The predicted octanol–water partition coefficient (Wildman–Crippen LogP) is -4.18. The fourth-order valence-electron chi connectivity index (χ4n) is 5.32. The molecule has 2 aliphatic rings. The molecule has 1 aromatic carbocycles. The van der Waals surface area contributed by atoms with E-state index in [-0.39, 0.29) is 5.69 Å². The standard InChI is InChI=1S/C20H29NO32S8/c1-8(22)21-10-4-2-9(3-5-10)20(54)18(53-61(41,42)43)16(51-59(35,36)37)13(12(48-20)7-45-56(26,27)28)47-19-17(52-60(38,39)40)15(50-58(32,33)34)14(49-57(29,30)31)11(46-19)6-44-55(23,24)25/h2-5,11-19,54H,6-7H2,1H3,(H,21,22)(H,23,24,25)(H,26,27,28)(H,29,30,31)(H,32,33,34)(H,35,36,37)(H,38,39,40)(H,41,42,43)/t11-,12-,13-,14-,15+,16+,17-,18-,19-,20+/m1/s1. The molecule has 8 N–H and O–H groups in total. The fourth-order valence-corrected chi connectivity index (χ4v) is 8.98. The summed E-state index contributed by atoms with van der Waals surface area (Å²) in [6.45, 7) is -2.55. The van der Waals surface area contributed by atoms with Crippen molar-refractivity contribution in [2.24, 2.45) is 0 Å². The van der Waals surface area contributed by atoms with Crippen molar-refractivity contribution in [3.63, 3.8) is 0 Å². The average molecular weight is 1050 g/mol. The van der Waals surface area contributed by atoms with Gasteiger partial charge in [-0.05, 0) is 17.7 Å². The van der Waals surface area contributed by atoms with Crippen LogP contribution in [0.1, 0.15) is 12.5 Å². The van der Waals surface area contributed by atoms with Gasteiger partial charge in [0.15, 0.2) is 23.4 Å². The lowest BCUT2D eigenvalue weighted by molar-refractivity contribution is -0.333. The van der Waals surface area contributed by atoms with E-state index in [1.807, 2.05) is 0 Å². The van der Waals surface area contributed by atoms with Gasteiger partial charge in [-0.25, -0.2) is 29.3 Å². The number of carbonyl (C=O) groups excluding carboxylic acids is 1. The van der Waals surface area contributed by atoms with Crippen LogP contribution >= 0.6 is 12.6 Å². The zero-order chi connectivity index (χ0) is 46.9. The fraction of sp³-hybridized carbons (Fsp3) is 0.650. The third-order valence-corrected chi connectivity index (χ3v) is 10.9. The van der Waals surface area contributed by atoms with Crippen molar-refractivity contribution in [3.8, 4) is 0 Å². The van der Waals surface area contributed by atoms with Gasteiger partial charge in [-0.1, -0.05) is 12.1 Å². The Morgan fingerprint density at radius 3 is 1.43 bits per heavy atom. The number of carbonyl (C=O) groups is 1. The number of hydrogen-bond donors (Lipinski definition) is 9. The molecule has 61 heavy (non-hydrogen) atoms. The minimum absolute atomic E-state index is 0.0146. The van der Waals surface area contributed by atoms with E-state index in [1.165, 1.54) is 0 Å². The van der Waals surface area contributed by atoms with Crippen LogP contribution in [0.3, 0.4) is 0 Å². The molecule has 0 bridgehead atoms. The summed E-state index contributed by atoms with van der Waals surface area (Å²) in [6.07, 6.45) is -27.5. The molecule has 0 spiro atoms. The van der Waals surface area contributed by atoms with Crippen LogP contribution < -0.4 is 5.32 Å². The molecule has 2 aliphatic heterocycles. The molecule has 354 valence electrons. The molecule has 1 amide bonds. The second-order valence-corrected chi connectivity index (χ2v) is 19.7. The quantitative estimate of drug-likeness (QED) is 0.0442. The van der Waals surface area contributed by atoms with E-state index in [2.05, 4.69) is 47.2 Å². The molecule has 0 aromatic heterocycles. The first-order chi connectivity index (χ1) is 27.2. The highest BCUT2D eigenvalue weighted by molar-refractivity contribution is 7.82. The second kappa shape index (κ2) is 19.2. The Kier molecular flexibility index (Phi) is 16.8. The second-order valence-electron chi connectivity index (χ2n) is 11.6. The Morgan fingerprint density at radius 1 is 0.590 bits per heavy atom. The number of ether oxygens (including phenoxy) is 3. The van der Waals surface area contributed by atoms with Crippen LogP contribution in [0, 0.1) is 0 Å². The Morgan fingerprint density at radius 2 is 1.00 bits per heavy atom. The Balaban J connectivity index is 2.43. The van der Waals surface area contributed by atoms with Gasteiger partial charge < -0.3 is 19.5 Å². The summed E-state index contributed by atoms with van der Waals surface area (Å²) < 4.78 is 279. The zero-order valence-electron chi connectivity index (χ0n) is 29.1. The summed E-state index contributed by atoms with van der Waals surface area (Å²) in [5.74, 6) is -0.646. The lowest BCUT2D eigenvalue weighted by Crippen LogP contribution is -2.68. The Bertz CT molecular complexity index is 2550. The van der Waals surface area contributed by atoms with E-state index in [0.29, 0.717) is 0 Å². The summed E-state index contributed by atoms with van der Waals surface area (Å²) in [4.78, 5) is 8.52. The molecule has 0 aliphatic carbocycles. The molecule has 2 saturated heterocycles. The van der Waals surface area contributed by atoms with Crippen molar-refractivity contribution in [2.45, 2.75) is 67.0 Å². The minimum Gasteiger partial charge on any atom is -0.349 e. The number of nitrogens with one attached hydrogen (secondary N) is 1. The summed E-state index contributed by atoms with van der Waals surface area (Å²) in [6, 6.07) is 3.90. The minimum atomic E-state index is -6.15. The molecule has 1 aromatic rings. The maximum absolute atomic E-state index is 12.3. The lowest BCUT2D eigenvalue weighted by atomic mass is 9.90. The molecule has 0 unspecified atom stereocenters. The third-order valence-electron chi connectivity index (χ3n) is 7.13. The molecule has 2 fully saturated rings. The van der Waals surface area contributed by atoms with E-state index in [4.69, 9.17) is 18.8 Å². The maximum Gasteiger partial charge on any atom is 0.397 e. The van der Waals surface area contributed by atoms with Crippen LogP contribution in [0.4, 0.5) is 5.69 Å². The molecule has 2 heterocycles. The maximum atomic E-state index is 12.3. The van der Waals surface area contributed by atoms with Crippen molar-refractivity contribution < 1.29 is 139 Å². The first-order valence-electron chi connectivity index (χ1n) is 14.9. The van der Waals surface area contributed by atoms with Gasteiger partial charge in [0.2, 0.25) is 5.91 Å². The van der Waals surface area contributed by atoms with Gasteiger partial charge in [-0.3, -0.25) is 36.7 Å². The van der Waals surface area contributed by atoms with Crippen molar-refractivity contribution in [2.75, 3.05) is 18.5 Å². The topological polar surface area (TPSA) is 502 Å². The highest BCUT2D eigenvalue weighted by atomic mass is 32.3. The largest absolute Gasteiger partial charge is 0.397 e. The van der Waals surface area contributed by atoms with Crippen LogP contribution in [0.2, 0.25) is 0 Å². The van der Waals surface area contributed by atoms with Gasteiger partial charge in [0, 0.05) is 12.6 Å². The molecule has 10 atom stereocenters. The molecule has 3 rings (SSSR count). The number of benzene rings is 1. The van der Waals surface area contributed by atoms with Crippen LogP contribution in [0.15, 0.2) is 24.3 Å². The Hall–Kier alpha value is -1.99. The van der Waals surface area contributed by atoms with Crippen molar-refractivity contribution in [3.05, 3.63) is 29.8 Å². The van der Waals surface area contributed by atoms with E-state index in [0.717, 1.165) is 31.2 Å². The SMILES string of the molecule is CC(=O)Nc1ccc([C@@]2(S)O[C@H](COS(=O)(=O)O)[C@@H](O[C@H]3O[C@H](COS(=O)(=O)O)[C@@H](OS(=O)(=O)O)[C@H](OS(=O)(=O)O)[C@H]3OS(=O)(=O)O)[C@H](OS(=O)(=O)O)[C@H]2OS(=O)(=O)O)cc1. The average Bonchev–Trinajstić information content (AvgIpc) is 3.01. The monoisotopic (exact) mass is 1050 g/mol. The smallest absolute Gasteiger partial charge is 0.349 e. The molecular formula is C20H29NO32S8. The lowest BCUT2D eigenvalue weighted by Gasteiger charge is -2.51. The third kappa shape index (κ3) is 17.5. The van der Waals surface area contributed by atoms with Gasteiger partial charge in [0.05, 0.1) is 13.2 Å². The molecule has 33 nitrogen and oxygen atoms in total. The highest BCUT2D eigenvalue weighted by Crippen LogP contribution is 2.47. The number of hydrogen-bond acceptors (Lipinski definition) is 26. The summed E-state index contributed by atoms with van der Waals surface area (Å²) in [5.41, 5.74) is -0.548. The number of rotatable bonds is 20. The normalized spacial score (nSPS) is 29.8. The van der Waals surface area contributed by atoms with Gasteiger partial charge >= 0.3 is 72.8 Å². The van der Waals surface area contributed by atoms with Gasteiger partial charge in [0.25, 0.3) is 0 Å². The first-order valence-corrected chi connectivity index (χ1v) is 24.9. The Labute approximate surface area is 349 Å². The van der Waals surface area contributed by atoms with E-state index < -0.39 is 158 Å². The van der Waals surface area contributed by atoms with Gasteiger partial charge in [-0.15, -0.1) is 12.6 Å². The molecule has 0 saturated carbocycles. The molecule has 41 heteroatoms. The molecule has 0 radical (unpaired) electrons. The van der Waals surface area contributed by atoms with Gasteiger partial charge in [-0.2, -0.15) is 58.9 Å². The van der Waals surface area contributed by atoms with E-state index in [1.54, 1.807) is 0 Å².